The van der Waals surface area contributed by atoms with Crippen molar-refractivity contribution in [2.75, 3.05) is 13.7 Å². The van der Waals surface area contributed by atoms with Crippen LogP contribution in [0.5, 0.6) is 0 Å². The number of nitrogens with one attached hydrogen (secondary N) is 1. The number of nitro benzene ring substituents is 1. The molecule has 3 atom stereocenters. The number of nitro groups is 1. The summed E-state index contributed by atoms with van der Waals surface area (Å²) in [5.74, 6) is -4.05. The van der Waals surface area contributed by atoms with Gasteiger partial charge in [0.25, 0.3) is 5.69 Å². The summed E-state index contributed by atoms with van der Waals surface area (Å²) in [6.45, 7) is 4.49. The topological polar surface area (TPSA) is 158 Å². The van der Waals surface area contributed by atoms with E-state index < -0.39 is 40.2 Å². The van der Waals surface area contributed by atoms with Gasteiger partial charge in [-0.05, 0) is 56.0 Å². The van der Waals surface area contributed by atoms with Crippen LogP contribution in [-0.2, 0) is 30.3 Å². The Morgan fingerprint density at radius 2 is 1.80 bits per heavy atom. The number of carbonyl (C=O) groups excluding carboxylic acids is 2. The Hall–Kier alpha value is -5.32. The summed E-state index contributed by atoms with van der Waals surface area (Å²) in [6.07, 6.45) is 5.67. The van der Waals surface area contributed by atoms with Crippen LogP contribution in [-0.4, -0.2) is 52.7 Å². The number of carboxylic acid groups (broad SMARTS) is 1. The maximum Gasteiger partial charge on any atom is 0.336 e. The first-order chi connectivity index (χ1) is 21.5. The first-order valence-electron chi connectivity index (χ1n) is 14.3. The molecule has 1 aromatic heterocycles. The zero-order valence-corrected chi connectivity index (χ0v) is 25.5. The highest BCUT2D eigenvalue weighted by atomic mass is 16.6. The molecular weight excluding hydrogens is 578 g/mol. The minimum absolute atomic E-state index is 0.0401. The molecule has 0 fully saturated rings. The van der Waals surface area contributed by atoms with Gasteiger partial charge in [-0.15, -0.1) is 0 Å². The van der Waals surface area contributed by atoms with Crippen LogP contribution < -0.4 is 5.32 Å². The Balaban J connectivity index is 1.58. The molecule has 0 saturated heterocycles. The predicted molar refractivity (Wildman–Crippen MR) is 166 cm³/mol. The standard InChI is InChI=1S/C34H35N3O8/c1-21(18-24-11-13-25(14-12-24)19-26-8-7-16-35-20-26)31(38)45-17-15-34(33(40)41)23(3)36-22(2)29(32(39)44-4)30(34)27-9-5-6-10-28(27)37(42)43/h5-14,16,18,20,23,30,36H,15,17,19H2,1-4H3,(H,40,41)/b21-18+. The third-order valence-electron chi connectivity index (χ3n) is 8.23. The third kappa shape index (κ3) is 6.93. The van der Waals surface area contributed by atoms with Crippen LogP contribution >= 0.6 is 0 Å². The number of ether oxygens (including phenoxy) is 2. The molecule has 0 aliphatic carbocycles. The quantitative estimate of drug-likeness (QED) is 0.127. The van der Waals surface area contributed by atoms with Crippen molar-refractivity contribution in [3.05, 3.63) is 122 Å². The van der Waals surface area contributed by atoms with Crippen LogP contribution in [0.25, 0.3) is 6.08 Å². The summed E-state index contributed by atoms with van der Waals surface area (Å²) in [6, 6.07) is 16.5. The van der Waals surface area contributed by atoms with Gasteiger partial charge in [0, 0.05) is 53.7 Å². The molecular formula is C34H35N3O8. The SMILES string of the molecule is COC(=O)C1=C(C)NC(C)C(CCOC(=O)/C(C)=C/c2ccc(Cc3cccnc3)cc2)(C(=O)O)C1c1ccccc1[N+](=O)[O-]. The van der Waals surface area contributed by atoms with Crippen molar-refractivity contribution in [2.24, 2.45) is 5.41 Å². The van der Waals surface area contributed by atoms with Gasteiger partial charge in [0.1, 0.15) is 5.41 Å². The highest BCUT2D eigenvalue weighted by Gasteiger charge is 2.57. The normalized spacial score (nSPS) is 19.8. The van der Waals surface area contributed by atoms with E-state index in [2.05, 4.69) is 10.3 Å². The van der Waals surface area contributed by atoms with Gasteiger partial charge in [0.15, 0.2) is 0 Å². The van der Waals surface area contributed by atoms with E-state index in [-0.39, 0.29) is 29.9 Å². The third-order valence-corrected chi connectivity index (χ3v) is 8.23. The number of para-hydroxylation sites is 1. The second kappa shape index (κ2) is 14.0. The number of carboxylic acids is 1. The zero-order valence-electron chi connectivity index (χ0n) is 25.5. The van der Waals surface area contributed by atoms with Gasteiger partial charge >= 0.3 is 17.9 Å². The molecule has 4 rings (SSSR count). The van der Waals surface area contributed by atoms with Crippen molar-refractivity contribution < 1.29 is 33.9 Å². The monoisotopic (exact) mass is 613 g/mol. The van der Waals surface area contributed by atoms with Crippen molar-refractivity contribution in [1.82, 2.24) is 10.3 Å². The van der Waals surface area contributed by atoms with Gasteiger partial charge in [0.05, 0.1) is 24.2 Å². The van der Waals surface area contributed by atoms with Crippen LogP contribution in [0.2, 0.25) is 0 Å². The number of aromatic nitrogens is 1. The van der Waals surface area contributed by atoms with E-state index in [9.17, 15) is 29.6 Å². The number of hydrogen-bond acceptors (Lipinski definition) is 9. The average Bonchev–Trinajstić information content (AvgIpc) is 3.02. The molecule has 1 aliphatic heterocycles. The average molecular weight is 614 g/mol. The number of esters is 2. The molecule has 0 radical (unpaired) electrons. The van der Waals surface area contributed by atoms with Crippen LogP contribution in [0.15, 0.2) is 89.9 Å². The number of allylic oxidation sites excluding steroid dienone is 1. The zero-order chi connectivity index (χ0) is 32.7. The van der Waals surface area contributed by atoms with E-state index in [4.69, 9.17) is 9.47 Å². The maximum absolute atomic E-state index is 13.2. The number of benzene rings is 2. The second-order valence-electron chi connectivity index (χ2n) is 11.0. The van der Waals surface area contributed by atoms with Gasteiger partial charge < -0.3 is 19.9 Å². The van der Waals surface area contributed by atoms with Crippen molar-refractivity contribution in [1.29, 1.82) is 0 Å². The van der Waals surface area contributed by atoms with Crippen molar-refractivity contribution in [2.45, 2.75) is 45.6 Å². The number of methoxy groups -OCH3 is 1. The lowest BCUT2D eigenvalue weighted by atomic mass is 9.60. The first-order valence-corrected chi connectivity index (χ1v) is 14.3. The second-order valence-corrected chi connectivity index (χ2v) is 11.0. The molecule has 3 aromatic rings. The molecule has 2 heterocycles. The molecule has 11 heteroatoms. The number of carbonyl (C=O) groups is 3. The van der Waals surface area contributed by atoms with E-state index in [0.717, 1.165) is 30.2 Å². The molecule has 234 valence electrons. The Labute approximate surface area is 260 Å². The smallest absolute Gasteiger partial charge is 0.336 e. The number of nitrogens with zero attached hydrogens (tertiary/aromatic N) is 2. The molecule has 3 unspecified atom stereocenters. The molecule has 11 nitrogen and oxygen atoms in total. The Morgan fingerprint density at radius 3 is 2.42 bits per heavy atom. The summed E-state index contributed by atoms with van der Waals surface area (Å²) >= 11 is 0. The van der Waals surface area contributed by atoms with E-state index in [0.29, 0.717) is 11.3 Å². The molecule has 2 N–H and O–H groups in total. The van der Waals surface area contributed by atoms with Crippen molar-refractivity contribution >= 4 is 29.7 Å². The first kappa shape index (κ1) is 32.6. The van der Waals surface area contributed by atoms with Crippen molar-refractivity contribution in [3.8, 4) is 0 Å². The lowest BCUT2D eigenvalue weighted by Gasteiger charge is -2.46. The summed E-state index contributed by atoms with van der Waals surface area (Å²) in [5.41, 5.74) is 1.44. The molecule has 0 saturated carbocycles. The van der Waals surface area contributed by atoms with E-state index in [1.165, 1.54) is 18.2 Å². The van der Waals surface area contributed by atoms with Gasteiger partial charge in [-0.1, -0.05) is 48.5 Å². The number of rotatable bonds is 11. The molecule has 1 aliphatic rings. The van der Waals surface area contributed by atoms with E-state index in [1.807, 2.05) is 42.6 Å². The lowest BCUT2D eigenvalue weighted by Crippen LogP contribution is -2.57. The summed E-state index contributed by atoms with van der Waals surface area (Å²) in [4.78, 5) is 54.7. The van der Waals surface area contributed by atoms with Crippen LogP contribution in [0.1, 0.15) is 55.4 Å². The summed E-state index contributed by atoms with van der Waals surface area (Å²) in [7, 11) is 1.16. The molecule has 0 bridgehead atoms. The Morgan fingerprint density at radius 1 is 1.09 bits per heavy atom. The summed E-state index contributed by atoms with van der Waals surface area (Å²) < 4.78 is 10.5. The van der Waals surface area contributed by atoms with Gasteiger partial charge in [-0.25, -0.2) is 9.59 Å². The number of aliphatic carboxylic acids is 1. The van der Waals surface area contributed by atoms with Crippen LogP contribution in [0, 0.1) is 15.5 Å². The fourth-order valence-electron chi connectivity index (χ4n) is 5.95. The van der Waals surface area contributed by atoms with Crippen LogP contribution in [0.3, 0.4) is 0 Å². The highest BCUT2D eigenvalue weighted by molar-refractivity contribution is 5.95. The Bertz CT molecular complexity index is 1650. The Kier molecular flexibility index (Phi) is 10.1. The lowest BCUT2D eigenvalue weighted by molar-refractivity contribution is -0.385. The van der Waals surface area contributed by atoms with E-state index in [1.54, 1.807) is 39.1 Å². The van der Waals surface area contributed by atoms with E-state index >= 15 is 0 Å². The number of pyridine rings is 1. The molecule has 2 aromatic carbocycles. The fourth-order valence-corrected chi connectivity index (χ4v) is 5.95. The van der Waals surface area contributed by atoms with Gasteiger partial charge in [-0.2, -0.15) is 0 Å². The van der Waals surface area contributed by atoms with Gasteiger partial charge in [0.2, 0.25) is 0 Å². The van der Waals surface area contributed by atoms with Crippen molar-refractivity contribution in [3.63, 3.8) is 0 Å². The maximum atomic E-state index is 13.2. The molecule has 0 amide bonds. The predicted octanol–water partition coefficient (Wildman–Crippen LogP) is 5.21. The van der Waals surface area contributed by atoms with Gasteiger partial charge in [-0.3, -0.25) is 19.9 Å². The largest absolute Gasteiger partial charge is 0.481 e. The molecule has 0 spiro atoms. The fraction of sp³-hybridized carbons (Fsp3) is 0.294. The minimum Gasteiger partial charge on any atom is -0.481 e. The molecule has 45 heavy (non-hydrogen) atoms. The number of hydrogen-bond donors (Lipinski definition) is 2. The minimum atomic E-state index is -1.82. The van der Waals surface area contributed by atoms with Crippen LogP contribution in [0.4, 0.5) is 5.69 Å². The highest BCUT2D eigenvalue weighted by Crippen LogP contribution is 2.52. The summed E-state index contributed by atoms with van der Waals surface area (Å²) in [5, 5.41) is 25.8.